The highest BCUT2D eigenvalue weighted by molar-refractivity contribution is 5.82. The lowest BCUT2D eigenvalue weighted by Crippen LogP contribution is -2.14. The Balaban J connectivity index is 1.76. The monoisotopic (exact) mass is 273 g/mol. The van der Waals surface area contributed by atoms with Crippen molar-refractivity contribution in [2.75, 3.05) is 25.1 Å². The van der Waals surface area contributed by atoms with Gasteiger partial charge in [0.25, 0.3) is 5.69 Å². The molecular formula is C14H15N3O3. The summed E-state index contributed by atoms with van der Waals surface area (Å²) in [5.41, 5.74) is 0.839. The van der Waals surface area contributed by atoms with Crippen molar-refractivity contribution in [3.63, 3.8) is 0 Å². The highest BCUT2D eigenvalue weighted by atomic mass is 16.6. The van der Waals surface area contributed by atoms with Gasteiger partial charge in [-0.05, 0) is 24.6 Å². The highest BCUT2D eigenvalue weighted by Crippen LogP contribution is 2.21. The van der Waals surface area contributed by atoms with E-state index in [-0.39, 0.29) is 5.69 Å². The van der Waals surface area contributed by atoms with E-state index in [9.17, 15) is 10.1 Å². The quantitative estimate of drug-likeness (QED) is 0.684. The smallest absolute Gasteiger partial charge is 0.270 e. The summed E-state index contributed by atoms with van der Waals surface area (Å²) in [7, 11) is 0. The van der Waals surface area contributed by atoms with Crippen LogP contribution < -0.4 is 5.32 Å². The summed E-state index contributed by atoms with van der Waals surface area (Å²) < 4.78 is 5.33. The zero-order valence-corrected chi connectivity index (χ0v) is 10.9. The minimum absolute atomic E-state index is 0.0862. The summed E-state index contributed by atoms with van der Waals surface area (Å²) in [6.45, 7) is 2.47. The number of nitro groups is 1. The van der Waals surface area contributed by atoms with Gasteiger partial charge in [0.2, 0.25) is 0 Å². The molecule has 20 heavy (non-hydrogen) atoms. The van der Waals surface area contributed by atoms with Gasteiger partial charge >= 0.3 is 0 Å². The van der Waals surface area contributed by atoms with E-state index in [1.165, 1.54) is 12.1 Å². The Bertz CT molecular complexity index is 639. The molecule has 1 unspecified atom stereocenters. The number of ether oxygens (including phenoxy) is 1. The average Bonchev–Trinajstić information content (AvgIpc) is 2.97. The Kier molecular flexibility index (Phi) is 3.47. The third-order valence-corrected chi connectivity index (χ3v) is 3.48. The molecule has 6 nitrogen and oxygen atoms in total. The second-order valence-corrected chi connectivity index (χ2v) is 4.94. The number of hydrogen-bond acceptors (Lipinski definition) is 5. The molecule has 1 saturated heterocycles. The molecular weight excluding hydrogens is 258 g/mol. The number of nitro benzene ring substituents is 1. The summed E-state index contributed by atoms with van der Waals surface area (Å²) in [4.78, 5) is 14.8. The van der Waals surface area contributed by atoms with Gasteiger partial charge in [-0.1, -0.05) is 0 Å². The molecule has 1 N–H and O–H groups in total. The molecule has 0 aliphatic carbocycles. The van der Waals surface area contributed by atoms with Crippen molar-refractivity contribution in [2.24, 2.45) is 5.92 Å². The predicted molar refractivity (Wildman–Crippen MR) is 75.8 cm³/mol. The first-order chi connectivity index (χ1) is 9.72. The van der Waals surface area contributed by atoms with Gasteiger partial charge in [0.05, 0.1) is 17.0 Å². The van der Waals surface area contributed by atoms with E-state index in [1.807, 2.05) is 12.1 Å². The Morgan fingerprint density at radius 2 is 2.30 bits per heavy atom. The summed E-state index contributed by atoms with van der Waals surface area (Å²) in [6, 6.07) is 8.39. The molecule has 104 valence electrons. The van der Waals surface area contributed by atoms with Crippen molar-refractivity contribution in [1.82, 2.24) is 4.98 Å². The molecule has 0 saturated carbocycles. The molecule has 0 spiro atoms. The fraction of sp³-hybridized carbons (Fsp3) is 0.357. The lowest BCUT2D eigenvalue weighted by atomic mass is 10.1. The molecule has 0 amide bonds. The average molecular weight is 273 g/mol. The molecule has 0 radical (unpaired) electrons. The fourth-order valence-electron chi connectivity index (χ4n) is 2.32. The van der Waals surface area contributed by atoms with Crippen molar-refractivity contribution >= 4 is 22.4 Å². The second-order valence-electron chi connectivity index (χ2n) is 4.94. The van der Waals surface area contributed by atoms with Crippen LogP contribution in [-0.2, 0) is 4.74 Å². The number of rotatable bonds is 4. The largest absolute Gasteiger partial charge is 0.381 e. The number of benzene rings is 1. The number of hydrogen-bond donors (Lipinski definition) is 1. The molecule has 2 aromatic rings. The van der Waals surface area contributed by atoms with Gasteiger partial charge in [-0.3, -0.25) is 10.1 Å². The molecule has 2 heterocycles. The van der Waals surface area contributed by atoms with Crippen molar-refractivity contribution in [2.45, 2.75) is 6.42 Å². The zero-order chi connectivity index (χ0) is 13.9. The molecule has 1 aromatic carbocycles. The maximum Gasteiger partial charge on any atom is 0.270 e. The molecule has 1 atom stereocenters. The van der Waals surface area contributed by atoms with Gasteiger partial charge in [0.15, 0.2) is 0 Å². The van der Waals surface area contributed by atoms with Crippen LogP contribution in [0.2, 0.25) is 0 Å². The molecule has 1 aromatic heterocycles. The van der Waals surface area contributed by atoms with Crippen molar-refractivity contribution in [1.29, 1.82) is 0 Å². The molecule has 6 heteroatoms. The molecule has 1 aliphatic rings. The molecule has 1 aliphatic heterocycles. The highest BCUT2D eigenvalue weighted by Gasteiger charge is 2.15. The van der Waals surface area contributed by atoms with Gasteiger partial charge in [-0.15, -0.1) is 0 Å². The number of fused-ring (bicyclic) bond motifs is 1. The van der Waals surface area contributed by atoms with E-state index in [0.717, 1.165) is 42.9 Å². The van der Waals surface area contributed by atoms with Crippen LogP contribution in [0.25, 0.3) is 10.9 Å². The summed E-state index contributed by atoms with van der Waals surface area (Å²) in [5, 5.41) is 14.8. The topological polar surface area (TPSA) is 77.3 Å². The Morgan fingerprint density at radius 3 is 3.05 bits per heavy atom. The first kappa shape index (κ1) is 12.8. The van der Waals surface area contributed by atoms with Crippen LogP contribution in [0.5, 0.6) is 0 Å². The van der Waals surface area contributed by atoms with Crippen LogP contribution >= 0.6 is 0 Å². The molecule has 3 rings (SSSR count). The van der Waals surface area contributed by atoms with Crippen LogP contribution in [0, 0.1) is 16.0 Å². The first-order valence-corrected chi connectivity index (χ1v) is 6.59. The number of nitrogens with one attached hydrogen (secondary N) is 1. The molecule has 1 fully saturated rings. The number of aromatic nitrogens is 1. The van der Waals surface area contributed by atoms with E-state index in [0.29, 0.717) is 5.92 Å². The Hall–Kier alpha value is -2.21. The normalized spacial score (nSPS) is 18.3. The van der Waals surface area contributed by atoms with Crippen LogP contribution in [-0.4, -0.2) is 29.7 Å². The van der Waals surface area contributed by atoms with Crippen LogP contribution in [0.3, 0.4) is 0 Å². The van der Waals surface area contributed by atoms with Crippen LogP contribution in [0.4, 0.5) is 11.5 Å². The van der Waals surface area contributed by atoms with E-state index >= 15 is 0 Å². The van der Waals surface area contributed by atoms with E-state index in [2.05, 4.69) is 10.3 Å². The van der Waals surface area contributed by atoms with Gasteiger partial charge in [0, 0.05) is 36.6 Å². The van der Waals surface area contributed by atoms with Crippen LogP contribution in [0.15, 0.2) is 30.3 Å². The first-order valence-electron chi connectivity index (χ1n) is 6.59. The lowest BCUT2D eigenvalue weighted by Gasteiger charge is -2.10. The van der Waals surface area contributed by atoms with Gasteiger partial charge < -0.3 is 10.1 Å². The summed E-state index contributed by atoms with van der Waals surface area (Å²) in [6.07, 6.45) is 1.08. The van der Waals surface area contributed by atoms with Crippen molar-refractivity contribution < 1.29 is 9.66 Å². The predicted octanol–water partition coefficient (Wildman–Crippen LogP) is 2.59. The van der Waals surface area contributed by atoms with Crippen molar-refractivity contribution in [3.8, 4) is 0 Å². The van der Waals surface area contributed by atoms with E-state index < -0.39 is 4.92 Å². The van der Waals surface area contributed by atoms with Gasteiger partial charge in [0.1, 0.15) is 5.82 Å². The Labute approximate surface area is 115 Å². The summed E-state index contributed by atoms with van der Waals surface area (Å²) in [5.74, 6) is 1.32. The van der Waals surface area contributed by atoms with Crippen LogP contribution in [0.1, 0.15) is 6.42 Å². The van der Waals surface area contributed by atoms with Crippen molar-refractivity contribution in [3.05, 3.63) is 40.4 Å². The maximum atomic E-state index is 10.7. The Morgan fingerprint density at radius 1 is 1.40 bits per heavy atom. The SMILES string of the molecule is O=[N+]([O-])c1ccc2nc(NCC3CCOC3)ccc2c1. The maximum absolute atomic E-state index is 10.7. The minimum atomic E-state index is -0.397. The standard InChI is InChI=1S/C14H15N3O3/c18-17(19)12-2-3-13-11(7-12)1-4-14(16-13)15-8-10-5-6-20-9-10/h1-4,7,10H,5-6,8-9H2,(H,15,16). The number of pyridine rings is 1. The third-order valence-electron chi connectivity index (χ3n) is 3.48. The minimum Gasteiger partial charge on any atom is -0.381 e. The van der Waals surface area contributed by atoms with Gasteiger partial charge in [-0.25, -0.2) is 4.98 Å². The molecule has 0 bridgehead atoms. The lowest BCUT2D eigenvalue weighted by molar-refractivity contribution is -0.384. The summed E-state index contributed by atoms with van der Waals surface area (Å²) >= 11 is 0. The fourth-order valence-corrected chi connectivity index (χ4v) is 2.32. The van der Waals surface area contributed by atoms with E-state index in [1.54, 1.807) is 6.07 Å². The number of non-ortho nitro benzene ring substituents is 1. The number of anilines is 1. The van der Waals surface area contributed by atoms with Gasteiger partial charge in [-0.2, -0.15) is 0 Å². The van der Waals surface area contributed by atoms with E-state index in [4.69, 9.17) is 4.74 Å². The third kappa shape index (κ3) is 2.70. The zero-order valence-electron chi connectivity index (χ0n) is 10.9. The second kappa shape index (κ2) is 5.42. The number of nitrogens with zero attached hydrogens (tertiary/aromatic N) is 2.